The molecule has 1 aliphatic carbocycles. The molecule has 1 aromatic heterocycles. The molecule has 1 atom stereocenters. The van der Waals surface area contributed by atoms with Crippen molar-refractivity contribution in [2.45, 2.75) is 51.5 Å². The summed E-state index contributed by atoms with van der Waals surface area (Å²) < 4.78 is 2.28. The fourth-order valence-electron chi connectivity index (χ4n) is 3.66. The van der Waals surface area contributed by atoms with Gasteiger partial charge in [0.25, 0.3) is 0 Å². The molecule has 0 amide bonds. The molecular formula is C16H23N3. The topological polar surface area (TPSA) is 43.8 Å². The van der Waals surface area contributed by atoms with E-state index < -0.39 is 0 Å². The van der Waals surface area contributed by atoms with Gasteiger partial charge in [-0.05, 0) is 37.3 Å². The fraction of sp³-hybridized carbons (Fsp3) is 0.562. The van der Waals surface area contributed by atoms with Crippen molar-refractivity contribution in [3.63, 3.8) is 0 Å². The summed E-state index contributed by atoms with van der Waals surface area (Å²) >= 11 is 0. The quantitative estimate of drug-likeness (QED) is 0.897. The largest absolute Gasteiger partial charge is 0.369 e. The Morgan fingerprint density at radius 2 is 2.00 bits per heavy atom. The van der Waals surface area contributed by atoms with Crippen LogP contribution in [0.3, 0.4) is 0 Å². The maximum atomic E-state index is 6.19. The van der Waals surface area contributed by atoms with E-state index in [0.717, 1.165) is 17.9 Å². The van der Waals surface area contributed by atoms with Gasteiger partial charge in [0, 0.05) is 6.04 Å². The summed E-state index contributed by atoms with van der Waals surface area (Å²) in [7, 11) is 0. The van der Waals surface area contributed by atoms with E-state index in [1.54, 1.807) is 0 Å². The van der Waals surface area contributed by atoms with Crippen LogP contribution in [-0.2, 0) is 0 Å². The molecule has 1 aromatic carbocycles. The molecule has 0 aliphatic heterocycles. The van der Waals surface area contributed by atoms with Gasteiger partial charge in [0.2, 0.25) is 5.95 Å². The summed E-state index contributed by atoms with van der Waals surface area (Å²) in [6, 6.07) is 8.81. The van der Waals surface area contributed by atoms with Gasteiger partial charge in [0.15, 0.2) is 0 Å². The van der Waals surface area contributed by atoms with E-state index in [-0.39, 0.29) is 0 Å². The van der Waals surface area contributed by atoms with Gasteiger partial charge in [-0.2, -0.15) is 0 Å². The summed E-state index contributed by atoms with van der Waals surface area (Å²) in [6.45, 7) is 2.27. The van der Waals surface area contributed by atoms with Crippen molar-refractivity contribution in [3.8, 4) is 0 Å². The van der Waals surface area contributed by atoms with Gasteiger partial charge in [0.05, 0.1) is 11.0 Å². The van der Waals surface area contributed by atoms with Crippen LogP contribution in [0.1, 0.15) is 51.5 Å². The number of rotatable bonds is 3. The summed E-state index contributed by atoms with van der Waals surface area (Å²) in [5.74, 6) is 1.44. The van der Waals surface area contributed by atoms with E-state index in [1.807, 2.05) is 6.07 Å². The molecule has 1 fully saturated rings. The Balaban J connectivity index is 2.02. The highest BCUT2D eigenvalue weighted by atomic mass is 15.2. The number of aromatic nitrogens is 2. The van der Waals surface area contributed by atoms with Crippen LogP contribution in [0.25, 0.3) is 11.0 Å². The summed E-state index contributed by atoms with van der Waals surface area (Å²) in [6.07, 6.45) is 7.94. The third-order valence-electron chi connectivity index (χ3n) is 4.57. The Kier molecular flexibility index (Phi) is 3.45. The number of nitrogens with zero attached hydrogens (tertiary/aromatic N) is 2. The predicted octanol–water partition coefficient (Wildman–Crippen LogP) is 4.15. The van der Waals surface area contributed by atoms with Crippen LogP contribution in [0.4, 0.5) is 5.95 Å². The predicted molar refractivity (Wildman–Crippen MR) is 80.0 cm³/mol. The third-order valence-corrected chi connectivity index (χ3v) is 4.57. The zero-order chi connectivity index (χ0) is 13.2. The standard InChI is InChI=1S/C16H23N3/c1-2-14(12-8-4-3-5-9-12)19-15-11-7-6-10-13(15)18-16(19)17/h6-7,10-12,14H,2-5,8-9H2,1H3,(H2,17,18). The van der Waals surface area contributed by atoms with Gasteiger partial charge in [-0.1, -0.05) is 38.3 Å². The minimum Gasteiger partial charge on any atom is -0.369 e. The molecule has 1 unspecified atom stereocenters. The molecule has 3 rings (SSSR count). The second-order valence-corrected chi connectivity index (χ2v) is 5.70. The van der Waals surface area contributed by atoms with Gasteiger partial charge in [0.1, 0.15) is 0 Å². The number of nitrogens with two attached hydrogens (primary N) is 1. The summed E-state index contributed by atoms with van der Waals surface area (Å²) in [5.41, 5.74) is 8.40. The zero-order valence-electron chi connectivity index (χ0n) is 11.7. The lowest BCUT2D eigenvalue weighted by molar-refractivity contribution is 0.249. The number of nitrogen functional groups attached to an aromatic ring is 1. The molecule has 1 heterocycles. The first-order valence-corrected chi connectivity index (χ1v) is 7.53. The summed E-state index contributed by atoms with van der Waals surface area (Å²) in [4.78, 5) is 4.52. The number of hydrogen-bond acceptors (Lipinski definition) is 2. The lowest BCUT2D eigenvalue weighted by atomic mass is 9.82. The molecule has 0 bridgehead atoms. The number of imidazole rings is 1. The smallest absolute Gasteiger partial charge is 0.201 e. The van der Waals surface area contributed by atoms with Crippen LogP contribution >= 0.6 is 0 Å². The van der Waals surface area contributed by atoms with Crippen LogP contribution in [0, 0.1) is 5.92 Å². The number of hydrogen-bond donors (Lipinski definition) is 1. The van der Waals surface area contributed by atoms with Gasteiger partial charge < -0.3 is 10.3 Å². The Bertz CT molecular complexity index is 552. The van der Waals surface area contributed by atoms with Gasteiger partial charge in [-0.15, -0.1) is 0 Å². The fourth-order valence-corrected chi connectivity index (χ4v) is 3.66. The lowest BCUT2D eigenvalue weighted by Gasteiger charge is -2.31. The molecule has 2 aromatic rings. The highest BCUT2D eigenvalue weighted by molar-refractivity contribution is 5.78. The van der Waals surface area contributed by atoms with Crippen molar-refractivity contribution >= 4 is 17.0 Å². The third kappa shape index (κ3) is 2.22. The van der Waals surface area contributed by atoms with E-state index in [9.17, 15) is 0 Å². The van der Waals surface area contributed by atoms with Crippen molar-refractivity contribution in [3.05, 3.63) is 24.3 Å². The SMILES string of the molecule is CCC(C1CCCCC1)n1c(N)nc2ccccc21. The van der Waals surface area contributed by atoms with Crippen LogP contribution in [0.5, 0.6) is 0 Å². The van der Waals surface area contributed by atoms with Crippen LogP contribution in [-0.4, -0.2) is 9.55 Å². The maximum absolute atomic E-state index is 6.19. The number of anilines is 1. The average molecular weight is 257 g/mol. The first kappa shape index (κ1) is 12.5. The molecule has 1 saturated carbocycles. The molecule has 3 heteroatoms. The Labute approximate surface area is 114 Å². The van der Waals surface area contributed by atoms with Crippen molar-refractivity contribution in [2.24, 2.45) is 5.92 Å². The monoisotopic (exact) mass is 257 g/mol. The van der Waals surface area contributed by atoms with Gasteiger partial charge in [-0.3, -0.25) is 0 Å². The first-order chi connectivity index (χ1) is 9.31. The van der Waals surface area contributed by atoms with E-state index in [4.69, 9.17) is 5.73 Å². The minimum absolute atomic E-state index is 0.507. The van der Waals surface area contributed by atoms with Crippen LogP contribution in [0.2, 0.25) is 0 Å². The number of para-hydroxylation sites is 2. The molecule has 19 heavy (non-hydrogen) atoms. The van der Waals surface area contributed by atoms with Gasteiger partial charge >= 0.3 is 0 Å². The highest BCUT2D eigenvalue weighted by Gasteiger charge is 2.26. The Morgan fingerprint density at radius 1 is 1.26 bits per heavy atom. The molecule has 2 N–H and O–H groups in total. The summed E-state index contributed by atoms with van der Waals surface area (Å²) in [5, 5.41) is 0. The zero-order valence-corrected chi connectivity index (χ0v) is 11.7. The lowest BCUT2D eigenvalue weighted by Crippen LogP contribution is -2.22. The van der Waals surface area contributed by atoms with E-state index >= 15 is 0 Å². The molecule has 3 nitrogen and oxygen atoms in total. The van der Waals surface area contributed by atoms with Crippen molar-refractivity contribution in [1.29, 1.82) is 0 Å². The molecule has 0 saturated heterocycles. The van der Waals surface area contributed by atoms with Gasteiger partial charge in [-0.25, -0.2) is 4.98 Å². The molecule has 1 aliphatic rings. The Hall–Kier alpha value is -1.51. The van der Waals surface area contributed by atoms with E-state index in [1.165, 1.54) is 37.6 Å². The normalized spacial score (nSPS) is 18.8. The van der Waals surface area contributed by atoms with Crippen molar-refractivity contribution in [1.82, 2.24) is 9.55 Å². The second-order valence-electron chi connectivity index (χ2n) is 5.70. The van der Waals surface area contributed by atoms with Crippen molar-refractivity contribution in [2.75, 3.05) is 5.73 Å². The number of fused-ring (bicyclic) bond motifs is 1. The minimum atomic E-state index is 0.507. The number of benzene rings is 1. The van der Waals surface area contributed by atoms with E-state index in [2.05, 4.69) is 34.7 Å². The average Bonchev–Trinajstić information content (AvgIpc) is 2.78. The van der Waals surface area contributed by atoms with E-state index in [0.29, 0.717) is 12.0 Å². The molecular weight excluding hydrogens is 234 g/mol. The highest BCUT2D eigenvalue weighted by Crippen LogP contribution is 2.37. The molecule has 102 valence electrons. The van der Waals surface area contributed by atoms with Crippen LogP contribution in [0.15, 0.2) is 24.3 Å². The first-order valence-electron chi connectivity index (χ1n) is 7.53. The molecule has 0 spiro atoms. The molecule has 0 radical (unpaired) electrons. The second kappa shape index (κ2) is 5.24. The van der Waals surface area contributed by atoms with Crippen LogP contribution < -0.4 is 5.73 Å². The maximum Gasteiger partial charge on any atom is 0.201 e. The Morgan fingerprint density at radius 3 is 2.74 bits per heavy atom. The van der Waals surface area contributed by atoms with Crippen molar-refractivity contribution < 1.29 is 0 Å².